The molecule has 2 aromatic rings. The maximum Gasteiger partial charge on any atom is 0.0845 e. The van der Waals surface area contributed by atoms with E-state index >= 15 is 0 Å². The van der Waals surface area contributed by atoms with E-state index in [1.807, 2.05) is 13.2 Å². The topological polar surface area (TPSA) is 56.7 Å². The average Bonchev–Trinajstić information content (AvgIpc) is 2.62. The number of hydrogen-bond acceptors (Lipinski definition) is 3. The van der Waals surface area contributed by atoms with Crippen LogP contribution in [0.1, 0.15) is 34.0 Å². The van der Waals surface area contributed by atoms with E-state index in [0.29, 0.717) is 0 Å². The fraction of sp³-hybridized carbons (Fsp3) is 0.429. The zero-order valence-corrected chi connectivity index (χ0v) is 11.4. The lowest BCUT2D eigenvalue weighted by Gasteiger charge is -2.17. The van der Waals surface area contributed by atoms with Crippen LogP contribution >= 0.6 is 0 Å². The molecule has 0 saturated carbocycles. The Kier molecular flexibility index (Phi) is 3.48. The van der Waals surface area contributed by atoms with Crippen LogP contribution in [0.4, 0.5) is 0 Å². The lowest BCUT2D eigenvalue weighted by atomic mass is 9.92. The first-order chi connectivity index (χ1) is 8.47. The van der Waals surface area contributed by atoms with Crippen LogP contribution in [0.2, 0.25) is 0 Å². The van der Waals surface area contributed by atoms with E-state index in [-0.39, 0.29) is 6.04 Å². The van der Waals surface area contributed by atoms with E-state index < -0.39 is 0 Å². The van der Waals surface area contributed by atoms with Gasteiger partial charge in [-0.15, -0.1) is 5.10 Å². The molecule has 0 fully saturated rings. The first-order valence-electron chi connectivity index (χ1n) is 6.16. The summed E-state index contributed by atoms with van der Waals surface area (Å²) in [5.74, 6) is 0. The molecule has 0 aliphatic heterocycles. The summed E-state index contributed by atoms with van der Waals surface area (Å²) in [5.41, 5.74) is 12.3. The summed E-state index contributed by atoms with van der Waals surface area (Å²) in [4.78, 5) is 0. The van der Waals surface area contributed by atoms with Crippen LogP contribution < -0.4 is 5.73 Å². The first-order valence-corrected chi connectivity index (χ1v) is 6.16. The van der Waals surface area contributed by atoms with Crippen LogP contribution in [0, 0.1) is 20.8 Å². The van der Waals surface area contributed by atoms with E-state index in [1.165, 1.54) is 22.3 Å². The van der Waals surface area contributed by atoms with Gasteiger partial charge in [0.2, 0.25) is 0 Å². The second-order valence-corrected chi connectivity index (χ2v) is 5.01. The van der Waals surface area contributed by atoms with Gasteiger partial charge in [-0.25, -0.2) is 0 Å². The van der Waals surface area contributed by atoms with Crippen LogP contribution in [0.5, 0.6) is 0 Å². The first kappa shape index (κ1) is 12.8. The summed E-state index contributed by atoms with van der Waals surface area (Å²) < 4.78 is 1.71. The molecule has 0 bridgehead atoms. The number of hydrogen-bond donors (Lipinski definition) is 1. The van der Waals surface area contributed by atoms with E-state index in [9.17, 15) is 0 Å². The van der Waals surface area contributed by atoms with Crippen molar-refractivity contribution in [2.75, 3.05) is 0 Å². The molecule has 2 N–H and O–H groups in total. The molecule has 4 heteroatoms. The zero-order valence-electron chi connectivity index (χ0n) is 11.4. The van der Waals surface area contributed by atoms with Gasteiger partial charge in [0.25, 0.3) is 0 Å². The maximum atomic E-state index is 6.31. The van der Waals surface area contributed by atoms with Gasteiger partial charge < -0.3 is 5.73 Å². The average molecular weight is 244 g/mol. The Morgan fingerprint density at radius 3 is 2.33 bits per heavy atom. The van der Waals surface area contributed by atoms with Gasteiger partial charge in [-0.3, -0.25) is 4.68 Å². The maximum absolute atomic E-state index is 6.31. The van der Waals surface area contributed by atoms with Crippen LogP contribution in [0.25, 0.3) is 0 Å². The minimum absolute atomic E-state index is 0.0256. The van der Waals surface area contributed by atoms with Crippen LogP contribution in [0.15, 0.2) is 18.3 Å². The molecule has 4 nitrogen and oxygen atoms in total. The number of aromatic nitrogens is 3. The Morgan fingerprint density at radius 2 is 1.83 bits per heavy atom. The molecule has 0 amide bonds. The third-order valence-corrected chi connectivity index (χ3v) is 3.19. The minimum atomic E-state index is -0.0256. The molecule has 1 atom stereocenters. The fourth-order valence-corrected chi connectivity index (χ4v) is 2.59. The molecular weight excluding hydrogens is 224 g/mol. The lowest BCUT2D eigenvalue weighted by molar-refractivity contribution is 0.687. The molecule has 0 radical (unpaired) electrons. The van der Waals surface area contributed by atoms with Gasteiger partial charge in [0, 0.05) is 25.7 Å². The van der Waals surface area contributed by atoms with Crippen molar-refractivity contribution in [3.63, 3.8) is 0 Å². The Morgan fingerprint density at radius 1 is 1.22 bits per heavy atom. The number of benzene rings is 1. The van der Waals surface area contributed by atoms with Crippen molar-refractivity contribution in [3.8, 4) is 0 Å². The van der Waals surface area contributed by atoms with E-state index in [0.717, 1.165) is 12.1 Å². The Hall–Kier alpha value is -1.68. The highest BCUT2D eigenvalue weighted by Crippen LogP contribution is 2.24. The van der Waals surface area contributed by atoms with Gasteiger partial charge in [0.05, 0.1) is 5.69 Å². The number of rotatable bonds is 3. The van der Waals surface area contributed by atoms with Crippen molar-refractivity contribution in [2.45, 2.75) is 33.2 Å². The van der Waals surface area contributed by atoms with Gasteiger partial charge in [-0.1, -0.05) is 22.9 Å². The minimum Gasteiger partial charge on any atom is -0.324 e. The largest absolute Gasteiger partial charge is 0.324 e. The molecule has 96 valence electrons. The van der Waals surface area contributed by atoms with Crippen molar-refractivity contribution in [2.24, 2.45) is 12.8 Å². The molecule has 18 heavy (non-hydrogen) atoms. The van der Waals surface area contributed by atoms with Crippen LogP contribution in [-0.4, -0.2) is 15.0 Å². The zero-order chi connectivity index (χ0) is 13.3. The van der Waals surface area contributed by atoms with Crippen LogP contribution in [0.3, 0.4) is 0 Å². The predicted octanol–water partition coefficient (Wildman–Crippen LogP) is 1.98. The molecular formula is C14H20N4. The summed E-state index contributed by atoms with van der Waals surface area (Å²) in [6.07, 6.45) is 2.64. The van der Waals surface area contributed by atoms with Crippen molar-refractivity contribution >= 4 is 0 Å². The summed E-state index contributed by atoms with van der Waals surface area (Å²) in [7, 11) is 1.87. The molecule has 0 saturated heterocycles. The molecule has 1 aromatic heterocycles. The molecule has 1 unspecified atom stereocenters. The summed E-state index contributed by atoms with van der Waals surface area (Å²) in [6.45, 7) is 6.34. The van der Waals surface area contributed by atoms with Crippen molar-refractivity contribution < 1.29 is 0 Å². The standard InChI is InChI=1S/C14H20N4/c1-9-5-10(2)14(11(3)6-9)13(15)7-12-8-18(4)17-16-12/h5-6,8,13H,7,15H2,1-4H3. The highest BCUT2D eigenvalue weighted by molar-refractivity contribution is 5.39. The predicted molar refractivity (Wildman–Crippen MR) is 72.3 cm³/mol. The summed E-state index contributed by atoms with van der Waals surface area (Å²) in [6, 6.07) is 4.33. The second-order valence-electron chi connectivity index (χ2n) is 5.01. The van der Waals surface area contributed by atoms with Gasteiger partial charge in [0.1, 0.15) is 0 Å². The second kappa shape index (κ2) is 4.90. The molecule has 0 aliphatic carbocycles. The van der Waals surface area contributed by atoms with Crippen molar-refractivity contribution in [3.05, 3.63) is 46.3 Å². The molecule has 0 spiro atoms. The SMILES string of the molecule is Cc1cc(C)c(C(N)Cc2cn(C)nn2)c(C)c1. The Labute approximate surface area is 108 Å². The smallest absolute Gasteiger partial charge is 0.0845 e. The normalized spacial score (nSPS) is 12.7. The Bertz CT molecular complexity index is 534. The monoisotopic (exact) mass is 244 g/mol. The van der Waals surface area contributed by atoms with E-state index in [1.54, 1.807) is 4.68 Å². The highest BCUT2D eigenvalue weighted by atomic mass is 15.4. The molecule has 1 aromatic carbocycles. The molecule has 1 heterocycles. The number of aryl methyl sites for hydroxylation is 4. The fourth-order valence-electron chi connectivity index (χ4n) is 2.59. The van der Waals surface area contributed by atoms with Gasteiger partial charge in [-0.2, -0.15) is 0 Å². The van der Waals surface area contributed by atoms with Gasteiger partial charge in [0.15, 0.2) is 0 Å². The van der Waals surface area contributed by atoms with Gasteiger partial charge in [-0.05, 0) is 37.5 Å². The number of nitrogens with zero attached hydrogens (tertiary/aromatic N) is 3. The molecule has 0 aliphatic rings. The quantitative estimate of drug-likeness (QED) is 0.898. The molecule has 2 rings (SSSR count). The van der Waals surface area contributed by atoms with Crippen molar-refractivity contribution in [1.82, 2.24) is 15.0 Å². The van der Waals surface area contributed by atoms with E-state index in [2.05, 4.69) is 43.2 Å². The van der Waals surface area contributed by atoms with Crippen LogP contribution in [-0.2, 0) is 13.5 Å². The summed E-state index contributed by atoms with van der Waals surface area (Å²) in [5, 5.41) is 8.02. The Balaban J connectivity index is 2.26. The highest BCUT2D eigenvalue weighted by Gasteiger charge is 2.14. The van der Waals surface area contributed by atoms with Crippen molar-refractivity contribution in [1.29, 1.82) is 0 Å². The van der Waals surface area contributed by atoms with Gasteiger partial charge >= 0.3 is 0 Å². The third kappa shape index (κ3) is 2.59. The third-order valence-electron chi connectivity index (χ3n) is 3.19. The number of nitrogens with two attached hydrogens (primary N) is 1. The lowest BCUT2D eigenvalue weighted by Crippen LogP contribution is -2.16. The van der Waals surface area contributed by atoms with E-state index in [4.69, 9.17) is 5.73 Å². The summed E-state index contributed by atoms with van der Waals surface area (Å²) >= 11 is 0.